The van der Waals surface area contributed by atoms with Crippen molar-refractivity contribution in [1.82, 2.24) is 5.32 Å². The molecule has 0 saturated heterocycles. The van der Waals surface area contributed by atoms with Gasteiger partial charge >= 0.3 is 5.97 Å². The molecule has 2 aromatic carbocycles. The van der Waals surface area contributed by atoms with E-state index in [1.807, 2.05) is 6.07 Å². The van der Waals surface area contributed by atoms with Crippen LogP contribution < -0.4 is 19.5 Å². The Bertz CT molecular complexity index is 788. The summed E-state index contributed by atoms with van der Waals surface area (Å²) in [4.78, 5) is 23.8. The van der Waals surface area contributed by atoms with Crippen LogP contribution in [0.1, 0.15) is 23.6 Å². The molecule has 0 fully saturated rings. The van der Waals surface area contributed by atoms with E-state index in [0.717, 1.165) is 5.56 Å². The van der Waals surface area contributed by atoms with Crippen molar-refractivity contribution >= 4 is 11.9 Å². The molecule has 1 atom stereocenters. The molecule has 2 rings (SSSR count). The zero-order valence-electron chi connectivity index (χ0n) is 15.5. The van der Waals surface area contributed by atoms with Gasteiger partial charge in [-0.05, 0) is 41.8 Å². The number of carbonyl (C=O) groups excluding carboxylic acids is 1. The number of benzene rings is 2. The van der Waals surface area contributed by atoms with Crippen LogP contribution in [0.5, 0.6) is 17.2 Å². The summed E-state index contributed by atoms with van der Waals surface area (Å²) in [6.07, 6.45) is 0.594. The predicted molar refractivity (Wildman–Crippen MR) is 99.4 cm³/mol. The van der Waals surface area contributed by atoms with Crippen LogP contribution in [0.2, 0.25) is 0 Å². The number of methoxy groups -OCH3 is 3. The summed E-state index contributed by atoms with van der Waals surface area (Å²) in [6, 6.07) is 10.8. The highest BCUT2D eigenvalue weighted by molar-refractivity contribution is 5.84. The second-order valence-corrected chi connectivity index (χ2v) is 5.80. The van der Waals surface area contributed by atoms with Crippen LogP contribution in [-0.2, 0) is 16.0 Å². The molecule has 0 aliphatic heterocycles. The molecule has 2 aromatic rings. The molecule has 7 heteroatoms. The average Bonchev–Trinajstić information content (AvgIpc) is 2.70. The maximum atomic E-state index is 12.3. The number of aryl methyl sites for hydroxylation is 1. The molecule has 1 unspecified atom stereocenters. The van der Waals surface area contributed by atoms with Gasteiger partial charge in [-0.2, -0.15) is 0 Å². The van der Waals surface area contributed by atoms with Crippen molar-refractivity contribution in [2.75, 3.05) is 21.3 Å². The summed E-state index contributed by atoms with van der Waals surface area (Å²) in [5, 5.41) is 12.0. The Balaban J connectivity index is 2.00. The lowest BCUT2D eigenvalue weighted by atomic mass is 10.1. The topological polar surface area (TPSA) is 94.1 Å². The van der Waals surface area contributed by atoms with Gasteiger partial charge < -0.3 is 24.6 Å². The van der Waals surface area contributed by atoms with Gasteiger partial charge in [0.2, 0.25) is 5.91 Å². The van der Waals surface area contributed by atoms with Crippen LogP contribution in [-0.4, -0.2) is 38.3 Å². The largest absolute Gasteiger partial charge is 0.497 e. The minimum absolute atomic E-state index is 0.148. The number of hydrogen-bond acceptors (Lipinski definition) is 5. The zero-order chi connectivity index (χ0) is 19.8. The molecular formula is C20H23NO6. The van der Waals surface area contributed by atoms with E-state index in [9.17, 15) is 14.7 Å². The lowest BCUT2D eigenvalue weighted by Crippen LogP contribution is -2.33. The van der Waals surface area contributed by atoms with Gasteiger partial charge in [0.05, 0.1) is 21.3 Å². The first kappa shape index (κ1) is 20.1. The van der Waals surface area contributed by atoms with E-state index >= 15 is 0 Å². The van der Waals surface area contributed by atoms with Crippen molar-refractivity contribution in [3.8, 4) is 17.2 Å². The monoisotopic (exact) mass is 373 g/mol. The van der Waals surface area contributed by atoms with Crippen molar-refractivity contribution in [1.29, 1.82) is 0 Å². The summed E-state index contributed by atoms with van der Waals surface area (Å²) >= 11 is 0. The number of carboxylic acids is 1. The molecule has 1 amide bonds. The van der Waals surface area contributed by atoms with Crippen LogP contribution in [0.15, 0.2) is 42.5 Å². The number of rotatable bonds is 9. The molecule has 0 aliphatic rings. The number of ether oxygens (including phenoxy) is 3. The first-order valence-electron chi connectivity index (χ1n) is 8.35. The van der Waals surface area contributed by atoms with Gasteiger partial charge in [0.25, 0.3) is 0 Å². The molecule has 2 N–H and O–H groups in total. The molecule has 0 aromatic heterocycles. The number of carbonyl (C=O) groups is 2. The highest BCUT2D eigenvalue weighted by Crippen LogP contribution is 2.28. The Kier molecular flexibility index (Phi) is 7.05. The van der Waals surface area contributed by atoms with Crippen LogP contribution in [0.25, 0.3) is 0 Å². The van der Waals surface area contributed by atoms with Crippen molar-refractivity contribution in [2.24, 2.45) is 0 Å². The number of hydrogen-bond donors (Lipinski definition) is 2. The zero-order valence-corrected chi connectivity index (χ0v) is 15.5. The number of carboxylic acid groups (broad SMARTS) is 1. The molecule has 0 spiro atoms. The van der Waals surface area contributed by atoms with Gasteiger partial charge in [0.1, 0.15) is 5.75 Å². The summed E-state index contributed by atoms with van der Waals surface area (Å²) < 4.78 is 15.5. The third-order valence-electron chi connectivity index (χ3n) is 4.09. The number of amides is 1. The SMILES string of the molecule is COc1ccc(C(NC(=O)CCc2ccc(OC)c(OC)c2)C(=O)O)cc1. The maximum Gasteiger partial charge on any atom is 0.330 e. The third-order valence-corrected chi connectivity index (χ3v) is 4.09. The van der Waals surface area contributed by atoms with Crippen molar-refractivity contribution in [3.63, 3.8) is 0 Å². The van der Waals surface area contributed by atoms with Gasteiger partial charge in [-0.1, -0.05) is 18.2 Å². The Morgan fingerprint density at radius 2 is 1.63 bits per heavy atom. The molecule has 27 heavy (non-hydrogen) atoms. The summed E-state index contributed by atoms with van der Waals surface area (Å²) in [5.74, 6) is 0.323. The fraction of sp³-hybridized carbons (Fsp3) is 0.300. The second kappa shape index (κ2) is 9.47. The van der Waals surface area contributed by atoms with Crippen LogP contribution in [0.3, 0.4) is 0 Å². The molecule has 0 aliphatic carbocycles. The molecule has 0 heterocycles. The fourth-order valence-corrected chi connectivity index (χ4v) is 2.61. The lowest BCUT2D eigenvalue weighted by Gasteiger charge is -2.15. The quantitative estimate of drug-likeness (QED) is 0.702. The smallest absolute Gasteiger partial charge is 0.330 e. The van der Waals surface area contributed by atoms with Crippen molar-refractivity contribution < 1.29 is 28.9 Å². The summed E-state index contributed by atoms with van der Waals surface area (Å²) in [6.45, 7) is 0. The number of nitrogens with one attached hydrogen (secondary N) is 1. The second-order valence-electron chi connectivity index (χ2n) is 5.80. The van der Waals surface area contributed by atoms with Gasteiger partial charge in [0.15, 0.2) is 17.5 Å². The van der Waals surface area contributed by atoms with E-state index < -0.39 is 12.0 Å². The highest BCUT2D eigenvalue weighted by Gasteiger charge is 2.22. The molecular weight excluding hydrogens is 350 g/mol. The molecule has 144 valence electrons. The van der Waals surface area contributed by atoms with E-state index in [-0.39, 0.29) is 12.3 Å². The normalized spacial score (nSPS) is 11.4. The molecule has 0 saturated carbocycles. The Morgan fingerprint density at radius 1 is 0.963 bits per heavy atom. The standard InChI is InChI=1S/C20H23NO6/c1-25-15-8-6-14(7-9-15)19(20(23)24)21-18(22)11-5-13-4-10-16(26-2)17(12-13)27-3/h4,6-10,12,19H,5,11H2,1-3H3,(H,21,22)(H,23,24). The first-order chi connectivity index (χ1) is 13.0. The average molecular weight is 373 g/mol. The molecule has 0 bridgehead atoms. The summed E-state index contributed by atoms with van der Waals surface area (Å²) in [5.41, 5.74) is 1.36. The van der Waals surface area contributed by atoms with E-state index in [4.69, 9.17) is 14.2 Å². The van der Waals surface area contributed by atoms with Gasteiger partial charge in [0, 0.05) is 6.42 Å². The van der Waals surface area contributed by atoms with E-state index in [1.165, 1.54) is 7.11 Å². The highest BCUT2D eigenvalue weighted by atomic mass is 16.5. The van der Waals surface area contributed by atoms with Crippen LogP contribution in [0, 0.1) is 0 Å². The minimum atomic E-state index is -1.13. The van der Waals surface area contributed by atoms with Crippen LogP contribution >= 0.6 is 0 Å². The van der Waals surface area contributed by atoms with E-state index in [0.29, 0.717) is 29.2 Å². The van der Waals surface area contributed by atoms with Crippen molar-refractivity contribution in [3.05, 3.63) is 53.6 Å². The predicted octanol–water partition coefficient (Wildman–Crippen LogP) is 2.59. The van der Waals surface area contributed by atoms with Gasteiger partial charge in [-0.3, -0.25) is 4.79 Å². The van der Waals surface area contributed by atoms with E-state index in [1.54, 1.807) is 50.6 Å². The molecule has 0 radical (unpaired) electrons. The van der Waals surface area contributed by atoms with E-state index in [2.05, 4.69) is 5.32 Å². The Labute approximate surface area is 157 Å². The Hall–Kier alpha value is -3.22. The number of aliphatic carboxylic acids is 1. The van der Waals surface area contributed by atoms with Gasteiger partial charge in [-0.15, -0.1) is 0 Å². The van der Waals surface area contributed by atoms with Crippen LogP contribution in [0.4, 0.5) is 0 Å². The maximum absolute atomic E-state index is 12.3. The third kappa shape index (κ3) is 5.37. The Morgan fingerprint density at radius 3 is 2.19 bits per heavy atom. The fourth-order valence-electron chi connectivity index (χ4n) is 2.61. The van der Waals surface area contributed by atoms with Gasteiger partial charge in [-0.25, -0.2) is 4.79 Å². The lowest BCUT2D eigenvalue weighted by molar-refractivity contribution is -0.142. The summed E-state index contributed by atoms with van der Waals surface area (Å²) in [7, 11) is 4.62. The molecule has 7 nitrogen and oxygen atoms in total. The minimum Gasteiger partial charge on any atom is -0.497 e. The first-order valence-corrected chi connectivity index (χ1v) is 8.35. The van der Waals surface area contributed by atoms with Crippen molar-refractivity contribution in [2.45, 2.75) is 18.9 Å².